The van der Waals surface area contributed by atoms with Crippen LogP contribution in [0.3, 0.4) is 0 Å². The Bertz CT molecular complexity index is 984. The van der Waals surface area contributed by atoms with Crippen LogP contribution in [0.4, 0.5) is 17.3 Å². The van der Waals surface area contributed by atoms with E-state index in [1.54, 1.807) is 0 Å². The van der Waals surface area contributed by atoms with Crippen LogP contribution >= 0.6 is 0 Å². The molecule has 0 bridgehead atoms. The highest BCUT2D eigenvalue weighted by molar-refractivity contribution is 7.89. The summed E-state index contributed by atoms with van der Waals surface area (Å²) in [7, 11) is -3.78. The van der Waals surface area contributed by atoms with E-state index < -0.39 is 14.9 Å². The number of aromatic nitrogens is 2. The van der Waals surface area contributed by atoms with E-state index in [4.69, 9.17) is 0 Å². The Labute approximate surface area is 168 Å². The van der Waals surface area contributed by atoms with Crippen molar-refractivity contribution >= 4 is 27.3 Å². The van der Waals surface area contributed by atoms with Crippen LogP contribution < -0.4 is 9.80 Å². The molecule has 0 spiro atoms. The number of piperazine rings is 1. The van der Waals surface area contributed by atoms with Crippen molar-refractivity contribution in [3.63, 3.8) is 0 Å². The standard InChI is InChI=1S/C18H22N6O4S/c25-24(26)15-4-3-5-16(14-15)29(27,28)23-12-10-22(11-13-23)18-7-6-17(19-20-18)21-8-1-2-9-21/h3-7,14H,1-2,8-13H2. The number of benzene rings is 1. The lowest BCUT2D eigenvalue weighted by molar-refractivity contribution is -0.385. The van der Waals surface area contributed by atoms with Crippen LogP contribution in [-0.4, -0.2) is 67.1 Å². The molecule has 1 aromatic heterocycles. The minimum absolute atomic E-state index is 0.0603. The van der Waals surface area contributed by atoms with Gasteiger partial charge in [-0.1, -0.05) is 6.07 Å². The zero-order valence-electron chi connectivity index (χ0n) is 15.8. The Balaban J connectivity index is 1.42. The van der Waals surface area contributed by atoms with Crippen molar-refractivity contribution in [1.29, 1.82) is 0 Å². The van der Waals surface area contributed by atoms with Crippen LogP contribution in [0, 0.1) is 10.1 Å². The highest BCUT2D eigenvalue weighted by Gasteiger charge is 2.30. The fourth-order valence-electron chi connectivity index (χ4n) is 3.67. The smallest absolute Gasteiger partial charge is 0.270 e. The molecule has 0 atom stereocenters. The van der Waals surface area contributed by atoms with E-state index in [-0.39, 0.29) is 23.7 Å². The van der Waals surface area contributed by atoms with Crippen molar-refractivity contribution in [2.75, 3.05) is 49.1 Å². The second-order valence-electron chi connectivity index (χ2n) is 7.09. The predicted molar refractivity (Wildman–Crippen MR) is 108 cm³/mol. The molecule has 0 unspecified atom stereocenters. The maximum atomic E-state index is 12.8. The molecule has 2 saturated heterocycles. The van der Waals surface area contributed by atoms with Gasteiger partial charge in [-0.2, -0.15) is 4.31 Å². The molecular weight excluding hydrogens is 396 g/mol. The maximum absolute atomic E-state index is 12.8. The zero-order chi connectivity index (χ0) is 20.4. The molecule has 11 heteroatoms. The lowest BCUT2D eigenvalue weighted by Gasteiger charge is -2.34. The van der Waals surface area contributed by atoms with Crippen molar-refractivity contribution in [2.24, 2.45) is 0 Å². The van der Waals surface area contributed by atoms with Gasteiger partial charge in [-0.25, -0.2) is 8.42 Å². The van der Waals surface area contributed by atoms with Crippen molar-refractivity contribution in [2.45, 2.75) is 17.7 Å². The average molecular weight is 418 g/mol. The normalized spacial score (nSPS) is 18.2. The van der Waals surface area contributed by atoms with Gasteiger partial charge in [-0.05, 0) is 31.0 Å². The third-order valence-corrected chi connectivity index (χ3v) is 7.19. The molecule has 2 aliphatic rings. The Morgan fingerprint density at radius 3 is 2.00 bits per heavy atom. The highest BCUT2D eigenvalue weighted by Crippen LogP contribution is 2.24. The van der Waals surface area contributed by atoms with E-state index in [9.17, 15) is 18.5 Å². The first-order chi connectivity index (χ1) is 13.9. The van der Waals surface area contributed by atoms with E-state index >= 15 is 0 Å². The quantitative estimate of drug-likeness (QED) is 0.530. The molecule has 10 nitrogen and oxygen atoms in total. The SMILES string of the molecule is O=[N+]([O-])c1cccc(S(=O)(=O)N2CCN(c3ccc(N4CCCC4)nn3)CC2)c1. The second-order valence-corrected chi connectivity index (χ2v) is 9.03. The number of nitrogens with zero attached hydrogens (tertiary/aromatic N) is 6. The van der Waals surface area contributed by atoms with Gasteiger partial charge in [-0.3, -0.25) is 10.1 Å². The Kier molecular flexibility index (Phi) is 5.33. The van der Waals surface area contributed by atoms with Gasteiger partial charge in [0.25, 0.3) is 5.69 Å². The van der Waals surface area contributed by atoms with Gasteiger partial charge >= 0.3 is 0 Å². The first kappa shape index (κ1) is 19.5. The summed E-state index contributed by atoms with van der Waals surface area (Å²) in [5, 5.41) is 19.6. The van der Waals surface area contributed by atoms with Gasteiger partial charge in [0.1, 0.15) is 0 Å². The van der Waals surface area contributed by atoms with Crippen molar-refractivity contribution in [3.8, 4) is 0 Å². The van der Waals surface area contributed by atoms with Crippen LogP contribution in [0.5, 0.6) is 0 Å². The summed E-state index contributed by atoms with van der Waals surface area (Å²) < 4.78 is 27.1. The Morgan fingerprint density at radius 1 is 0.862 bits per heavy atom. The third-order valence-electron chi connectivity index (χ3n) is 5.30. The molecule has 1 aromatic carbocycles. The summed E-state index contributed by atoms with van der Waals surface area (Å²) in [5.41, 5.74) is -0.238. The summed E-state index contributed by atoms with van der Waals surface area (Å²) >= 11 is 0. The minimum atomic E-state index is -3.78. The van der Waals surface area contributed by atoms with Gasteiger partial charge in [0, 0.05) is 51.4 Å². The fraction of sp³-hybridized carbons (Fsp3) is 0.444. The van der Waals surface area contributed by atoms with Crippen LogP contribution in [-0.2, 0) is 10.0 Å². The Hall–Kier alpha value is -2.79. The van der Waals surface area contributed by atoms with Crippen LogP contribution in [0.2, 0.25) is 0 Å². The molecule has 2 aliphatic heterocycles. The molecule has 29 heavy (non-hydrogen) atoms. The molecule has 2 fully saturated rings. The van der Waals surface area contributed by atoms with E-state index in [0.717, 1.165) is 30.8 Å². The number of rotatable bonds is 5. The van der Waals surface area contributed by atoms with E-state index in [2.05, 4.69) is 15.1 Å². The average Bonchev–Trinajstić information content (AvgIpc) is 3.29. The number of nitro benzene ring substituents is 1. The Morgan fingerprint density at radius 2 is 1.45 bits per heavy atom. The minimum Gasteiger partial charge on any atom is -0.355 e. The highest BCUT2D eigenvalue weighted by atomic mass is 32.2. The third kappa shape index (κ3) is 4.01. The summed E-state index contributed by atoms with van der Waals surface area (Å²) in [6.07, 6.45) is 2.34. The molecule has 154 valence electrons. The van der Waals surface area contributed by atoms with Gasteiger partial charge in [0.15, 0.2) is 11.6 Å². The van der Waals surface area contributed by atoms with E-state index in [0.29, 0.717) is 13.1 Å². The lowest BCUT2D eigenvalue weighted by atomic mass is 10.3. The monoisotopic (exact) mass is 418 g/mol. The van der Waals surface area contributed by atoms with Crippen LogP contribution in [0.15, 0.2) is 41.3 Å². The summed E-state index contributed by atoms with van der Waals surface area (Å²) in [6, 6.07) is 9.03. The number of anilines is 2. The van der Waals surface area contributed by atoms with Gasteiger partial charge < -0.3 is 9.80 Å². The molecular formula is C18H22N6O4S. The van der Waals surface area contributed by atoms with Crippen molar-refractivity contribution < 1.29 is 13.3 Å². The fourth-order valence-corrected chi connectivity index (χ4v) is 5.13. The predicted octanol–water partition coefficient (Wildman–Crippen LogP) is 1.50. The molecule has 0 N–H and O–H groups in total. The summed E-state index contributed by atoms with van der Waals surface area (Å²) in [6.45, 7) is 3.52. The van der Waals surface area contributed by atoms with Crippen LogP contribution in [0.25, 0.3) is 0 Å². The maximum Gasteiger partial charge on any atom is 0.270 e. The number of hydrogen-bond acceptors (Lipinski definition) is 8. The molecule has 0 aliphatic carbocycles. The molecule has 0 saturated carbocycles. The van der Waals surface area contributed by atoms with Crippen LogP contribution in [0.1, 0.15) is 12.8 Å². The summed E-state index contributed by atoms with van der Waals surface area (Å²) in [4.78, 5) is 14.5. The number of hydrogen-bond donors (Lipinski definition) is 0. The first-order valence-corrected chi connectivity index (χ1v) is 11.0. The lowest BCUT2D eigenvalue weighted by Crippen LogP contribution is -2.49. The van der Waals surface area contributed by atoms with E-state index in [1.165, 1.54) is 35.3 Å². The van der Waals surface area contributed by atoms with Gasteiger partial charge in [0.05, 0.1) is 9.82 Å². The van der Waals surface area contributed by atoms with Crippen molar-refractivity contribution in [3.05, 3.63) is 46.5 Å². The topological polar surface area (TPSA) is 113 Å². The van der Waals surface area contributed by atoms with Gasteiger partial charge in [0.2, 0.25) is 10.0 Å². The van der Waals surface area contributed by atoms with E-state index in [1.807, 2.05) is 17.0 Å². The largest absolute Gasteiger partial charge is 0.355 e. The zero-order valence-corrected chi connectivity index (χ0v) is 16.7. The number of nitro groups is 1. The molecule has 0 amide bonds. The second kappa shape index (κ2) is 7.91. The molecule has 2 aromatic rings. The number of non-ortho nitro benzene ring substituents is 1. The molecule has 3 heterocycles. The number of sulfonamides is 1. The first-order valence-electron chi connectivity index (χ1n) is 9.53. The molecule has 4 rings (SSSR count). The summed E-state index contributed by atoms with van der Waals surface area (Å²) in [5.74, 6) is 1.60. The van der Waals surface area contributed by atoms with Gasteiger partial charge in [-0.15, -0.1) is 10.2 Å². The van der Waals surface area contributed by atoms with Crippen molar-refractivity contribution in [1.82, 2.24) is 14.5 Å². The molecule has 0 radical (unpaired) electrons.